The maximum atomic E-state index is 12.3. The minimum absolute atomic E-state index is 0.0561. The minimum Gasteiger partial charge on any atom is -0.497 e. The van der Waals surface area contributed by atoms with Crippen molar-refractivity contribution in [2.24, 2.45) is 5.92 Å². The lowest BCUT2D eigenvalue weighted by Crippen LogP contribution is -2.39. The zero-order valence-electron chi connectivity index (χ0n) is 16.4. The van der Waals surface area contributed by atoms with Gasteiger partial charge in [-0.15, -0.1) is 0 Å². The van der Waals surface area contributed by atoms with Crippen LogP contribution in [0.5, 0.6) is 5.75 Å². The molecule has 5 nitrogen and oxygen atoms in total. The van der Waals surface area contributed by atoms with E-state index in [2.05, 4.69) is 28.4 Å². The number of benzene rings is 2. The summed E-state index contributed by atoms with van der Waals surface area (Å²) < 4.78 is 5.20. The van der Waals surface area contributed by atoms with Gasteiger partial charge in [-0.2, -0.15) is 5.26 Å². The molecule has 146 valence electrons. The molecule has 28 heavy (non-hydrogen) atoms. The number of nitrogens with zero attached hydrogens (tertiary/aromatic N) is 2. The fraction of sp³-hybridized carbons (Fsp3) is 0.391. The number of piperidine rings is 1. The molecule has 0 atom stereocenters. The van der Waals surface area contributed by atoms with Gasteiger partial charge in [-0.1, -0.05) is 24.3 Å². The smallest absolute Gasteiger partial charge is 0.238 e. The van der Waals surface area contributed by atoms with Gasteiger partial charge in [-0.25, -0.2) is 0 Å². The van der Waals surface area contributed by atoms with Crippen molar-refractivity contribution < 1.29 is 9.53 Å². The van der Waals surface area contributed by atoms with Gasteiger partial charge in [0.15, 0.2) is 0 Å². The van der Waals surface area contributed by atoms with Gasteiger partial charge in [0.25, 0.3) is 0 Å². The molecule has 0 radical (unpaired) electrons. The highest BCUT2D eigenvalue weighted by Crippen LogP contribution is 2.23. The van der Waals surface area contributed by atoms with E-state index in [0.29, 0.717) is 23.7 Å². The van der Waals surface area contributed by atoms with E-state index < -0.39 is 0 Å². The van der Waals surface area contributed by atoms with Crippen LogP contribution in [-0.2, 0) is 11.2 Å². The Morgan fingerprint density at radius 1 is 1.18 bits per heavy atom. The van der Waals surface area contributed by atoms with E-state index in [1.165, 1.54) is 12.0 Å². The van der Waals surface area contributed by atoms with Crippen molar-refractivity contribution in [2.45, 2.75) is 25.7 Å². The summed E-state index contributed by atoms with van der Waals surface area (Å²) in [5, 5.41) is 12.0. The van der Waals surface area contributed by atoms with Crippen molar-refractivity contribution in [3.8, 4) is 11.8 Å². The molecular formula is C23H27N3O2. The molecule has 1 saturated heterocycles. The normalized spacial score (nSPS) is 15.0. The molecule has 1 N–H and O–H groups in total. The highest BCUT2D eigenvalue weighted by molar-refractivity contribution is 5.93. The van der Waals surface area contributed by atoms with Crippen LogP contribution >= 0.6 is 0 Å². The number of nitriles is 1. The third-order valence-corrected chi connectivity index (χ3v) is 5.40. The molecule has 0 spiro atoms. The quantitative estimate of drug-likeness (QED) is 0.796. The van der Waals surface area contributed by atoms with E-state index in [-0.39, 0.29) is 5.91 Å². The van der Waals surface area contributed by atoms with Gasteiger partial charge >= 0.3 is 0 Å². The third kappa shape index (κ3) is 5.58. The molecular weight excluding hydrogens is 350 g/mol. The van der Waals surface area contributed by atoms with Crippen molar-refractivity contribution in [1.82, 2.24) is 4.90 Å². The van der Waals surface area contributed by atoms with E-state index in [9.17, 15) is 4.79 Å². The number of aryl methyl sites for hydroxylation is 1. The van der Waals surface area contributed by atoms with Gasteiger partial charge in [-0.05, 0) is 74.5 Å². The first-order valence-corrected chi connectivity index (χ1v) is 9.82. The number of methoxy groups -OCH3 is 1. The van der Waals surface area contributed by atoms with Gasteiger partial charge < -0.3 is 10.1 Å². The van der Waals surface area contributed by atoms with Crippen LogP contribution in [0.15, 0.2) is 48.5 Å². The van der Waals surface area contributed by atoms with E-state index in [1.54, 1.807) is 25.3 Å². The number of ether oxygens (including phenoxy) is 1. The molecule has 2 aromatic carbocycles. The summed E-state index contributed by atoms with van der Waals surface area (Å²) in [7, 11) is 1.69. The number of para-hydroxylation sites is 1. The summed E-state index contributed by atoms with van der Waals surface area (Å²) in [4.78, 5) is 14.5. The summed E-state index contributed by atoms with van der Waals surface area (Å²) in [5.41, 5.74) is 2.43. The standard InChI is InChI=1S/C23H27N3O2/c1-28-21-10-8-18(9-11-21)6-7-19-12-14-26(15-13-19)17-23(27)25-22-5-3-2-4-20(22)16-24/h2-5,8-11,19H,6-7,12-15,17H2,1H3,(H,25,27). The van der Waals surface area contributed by atoms with Crippen LogP contribution in [0.1, 0.15) is 30.4 Å². The number of rotatable bonds is 7. The Bertz CT molecular complexity index is 818. The van der Waals surface area contributed by atoms with Crippen molar-refractivity contribution in [2.75, 3.05) is 32.1 Å². The maximum Gasteiger partial charge on any atom is 0.238 e. The molecule has 0 aliphatic carbocycles. The third-order valence-electron chi connectivity index (χ3n) is 5.40. The lowest BCUT2D eigenvalue weighted by atomic mass is 9.90. The molecule has 1 aliphatic heterocycles. The Labute approximate surface area is 166 Å². The average Bonchev–Trinajstić information content (AvgIpc) is 2.74. The number of carbonyl (C=O) groups excluding carboxylic acids is 1. The van der Waals surface area contributed by atoms with Crippen LogP contribution in [-0.4, -0.2) is 37.6 Å². The van der Waals surface area contributed by atoms with Crippen LogP contribution in [0, 0.1) is 17.2 Å². The van der Waals surface area contributed by atoms with E-state index in [4.69, 9.17) is 10.00 Å². The van der Waals surface area contributed by atoms with Crippen LogP contribution in [0.2, 0.25) is 0 Å². The molecule has 0 bridgehead atoms. The number of likely N-dealkylation sites (tertiary alicyclic amines) is 1. The SMILES string of the molecule is COc1ccc(CCC2CCN(CC(=O)Nc3ccccc3C#N)CC2)cc1. The van der Waals surface area contributed by atoms with Crippen LogP contribution < -0.4 is 10.1 Å². The zero-order chi connectivity index (χ0) is 19.8. The average molecular weight is 377 g/mol. The van der Waals surface area contributed by atoms with Crippen molar-refractivity contribution >= 4 is 11.6 Å². The molecule has 0 saturated carbocycles. The fourth-order valence-electron chi connectivity index (χ4n) is 3.68. The van der Waals surface area contributed by atoms with Crippen LogP contribution in [0.3, 0.4) is 0 Å². The van der Waals surface area contributed by atoms with Crippen LogP contribution in [0.4, 0.5) is 5.69 Å². The Balaban J connectivity index is 1.40. The molecule has 1 fully saturated rings. The molecule has 1 aliphatic rings. The number of carbonyl (C=O) groups is 1. The Morgan fingerprint density at radius 3 is 2.57 bits per heavy atom. The molecule has 0 unspecified atom stereocenters. The van der Waals surface area contributed by atoms with Gasteiger partial charge in [0, 0.05) is 0 Å². The summed E-state index contributed by atoms with van der Waals surface area (Å²) in [6.07, 6.45) is 4.51. The maximum absolute atomic E-state index is 12.3. The highest BCUT2D eigenvalue weighted by atomic mass is 16.5. The number of nitrogens with one attached hydrogen (secondary N) is 1. The van der Waals surface area contributed by atoms with Gasteiger partial charge in [0.05, 0.1) is 24.9 Å². The fourth-order valence-corrected chi connectivity index (χ4v) is 3.68. The summed E-state index contributed by atoms with van der Waals surface area (Å²) in [6, 6.07) is 17.5. The van der Waals surface area contributed by atoms with Crippen molar-refractivity contribution in [3.63, 3.8) is 0 Å². The monoisotopic (exact) mass is 377 g/mol. The minimum atomic E-state index is -0.0561. The number of hydrogen-bond donors (Lipinski definition) is 1. The molecule has 3 rings (SSSR count). The lowest BCUT2D eigenvalue weighted by molar-refractivity contribution is -0.117. The largest absolute Gasteiger partial charge is 0.497 e. The Kier molecular flexibility index (Phi) is 7.05. The van der Waals surface area contributed by atoms with Crippen molar-refractivity contribution in [3.05, 3.63) is 59.7 Å². The van der Waals surface area contributed by atoms with E-state index in [0.717, 1.165) is 38.1 Å². The topological polar surface area (TPSA) is 65.4 Å². The van der Waals surface area contributed by atoms with E-state index >= 15 is 0 Å². The summed E-state index contributed by atoms with van der Waals surface area (Å²) >= 11 is 0. The second kappa shape index (κ2) is 9.91. The molecule has 1 heterocycles. The van der Waals surface area contributed by atoms with Gasteiger partial charge in [0.2, 0.25) is 5.91 Å². The first-order chi connectivity index (χ1) is 13.7. The number of anilines is 1. The predicted octanol–water partition coefficient (Wildman–Crippen LogP) is 3.85. The molecule has 1 amide bonds. The van der Waals surface area contributed by atoms with Crippen molar-refractivity contribution in [1.29, 1.82) is 5.26 Å². The molecule has 0 aromatic heterocycles. The van der Waals surface area contributed by atoms with Gasteiger partial charge in [-0.3, -0.25) is 9.69 Å². The summed E-state index contributed by atoms with van der Waals surface area (Å²) in [6.45, 7) is 2.27. The Hall–Kier alpha value is -2.84. The van der Waals surface area contributed by atoms with Crippen LogP contribution in [0.25, 0.3) is 0 Å². The van der Waals surface area contributed by atoms with E-state index in [1.807, 2.05) is 18.2 Å². The second-order valence-corrected chi connectivity index (χ2v) is 7.31. The second-order valence-electron chi connectivity index (χ2n) is 7.31. The van der Waals surface area contributed by atoms with Gasteiger partial charge in [0.1, 0.15) is 11.8 Å². The zero-order valence-corrected chi connectivity index (χ0v) is 16.4. The number of hydrogen-bond acceptors (Lipinski definition) is 4. The first kappa shape index (κ1) is 19.9. The Morgan fingerprint density at radius 2 is 1.89 bits per heavy atom. The molecule has 5 heteroatoms. The number of amides is 1. The first-order valence-electron chi connectivity index (χ1n) is 9.82. The lowest BCUT2D eigenvalue weighted by Gasteiger charge is -2.31. The summed E-state index contributed by atoms with van der Waals surface area (Å²) in [5.74, 6) is 1.55. The predicted molar refractivity (Wildman–Crippen MR) is 110 cm³/mol. The highest BCUT2D eigenvalue weighted by Gasteiger charge is 2.21. The molecule has 2 aromatic rings.